The molecule has 0 bridgehead atoms. The first-order chi connectivity index (χ1) is 13.3. The van der Waals surface area contributed by atoms with E-state index in [1.807, 2.05) is 47.0 Å². The maximum Gasteiger partial charge on any atom is 0.333 e. The van der Waals surface area contributed by atoms with Gasteiger partial charge in [0.05, 0.1) is 9.16 Å². The SMILES string of the molecule is C=C(C)C(=O)OCC1CSC(CCCCC2SCC(COC(=O)C(=C)C)S2)S1. The quantitative estimate of drug-likeness (QED) is 0.238. The predicted molar refractivity (Wildman–Crippen MR) is 125 cm³/mol. The lowest BCUT2D eigenvalue weighted by molar-refractivity contribution is -0.139. The van der Waals surface area contributed by atoms with Gasteiger partial charge in [0.1, 0.15) is 13.2 Å². The number of hydrogen-bond acceptors (Lipinski definition) is 8. The number of thioether (sulfide) groups is 4. The molecule has 2 aliphatic rings. The van der Waals surface area contributed by atoms with E-state index in [0.717, 1.165) is 11.5 Å². The largest absolute Gasteiger partial charge is 0.461 e. The van der Waals surface area contributed by atoms with Crippen LogP contribution in [-0.2, 0) is 19.1 Å². The zero-order valence-electron chi connectivity index (χ0n) is 16.6. The molecular formula is C20H30O4S4. The van der Waals surface area contributed by atoms with E-state index >= 15 is 0 Å². The summed E-state index contributed by atoms with van der Waals surface area (Å²) in [6.45, 7) is 11.6. The van der Waals surface area contributed by atoms with Crippen molar-refractivity contribution in [2.45, 2.75) is 59.2 Å². The van der Waals surface area contributed by atoms with Crippen LogP contribution in [0.5, 0.6) is 0 Å². The fraction of sp³-hybridized carbons (Fsp3) is 0.700. The van der Waals surface area contributed by atoms with Crippen LogP contribution in [0.1, 0.15) is 39.5 Å². The summed E-state index contributed by atoms with van der Waals surface area (Å²) in [7, 11) is 0. The van der Waals surface area contributed by atoms with Crippen molar-refractivity contribution in [3.63, 3.8) is 0 Å². The molecule has 2 heterocycles. The molecule has 2 saturated heterocycles. The number of rotatable bonds is 11. The van der Waals surface area contributed by atoms with Gasteiger partial charge in [-0.1, -0.05) is 26.0 Å². The van der Waals surface area contributed by atoms with E-state index < -0.39 is 0 Å². The second-order valence-electron chi connectivity index (χ2n) is 7.08. The van der Waals surface area contributed by atoms with E-state index in [2.05, 4.69) is 13.2 Å². The smallest absolute Gasteiger partial charge is 0.333 e. The fourth-order valence-corrected chi connectivity index (χ4v) is 9.32. The standard InChI is InChI=1S/C20H30O4S4/c1-13(2)19(21)23-9-15-11-25-17(27-15)7-5-6-8-18-26-12-16(28-18)10-24-20(22)14(3)4/h15-18H,1,3,5-12H2,2,4H3. The van der Waals surface area contributed by atoms with Crippen LogP contribution in [0, 0.1) is 0 Å². The lowest BCUT2D eigenvalue weighted by Gasteiger charge is -2.13. The van der Waals surface area contributed by atoms with Gasteiger partial charge < -0.3 is 9.47 Å². The number of carbonyl (C=O) groups is 2. The van der Waals surface area contributed by atoms with Crippen LogP contribution in [0.25, 0.3) is 0 Å². The molecule has 0 spiro atoms. The maximum atomic E-state index is 11.5. The van der Waals surface area contributed by atoms with Crippen molar-refractivity contribution < 1.29 is 19.1 Å². The Kier molecular flexibility index (Phi) is 10.8. The molecule has 0 aliphatic carbocycles. The van der Waals surface area contributed by atoms with Crippen molar-refractivity contribution in [1.82, 2.24) is 0 Å². The summed E-state index contributed by atoms with van der Waals surface area (Å²) in [5.41, 5.74) is 0.928. The average molecular weight is 463 g/mol. The van der Waals surface area contributed by atoms with Crippen LogP contribution < -0.4 is 0 Å². The summed E-state index contributed by atoms with van der Waals surface area (Å²) >= 11 is 7.88. The predicted octanol–water partition coefficient (Wildman–Crippen LogP) is 5.13. The summed E-state index contributed by atoms with van der Waals surface area (Å²) in [6.07, 6.45) is 4.88. The van der Waals surface area contributed by atoms with E-state index in [9.17, 15) is 9.59 Å². The molecule has 0 aromatic rings. The van der Waals surface area contributed by atoms with E-state index in [0.29, 0.717) is 44.0 Å². The lowest BCUT2D eigenvalue weighted by Crippen LogP contribution is -2.16. The van der Waals surface area contributed by atoms with Crippen LogP contribution in [-0.4, -0.2) is 56.3 Å². The van der Waals surface area contributed by atoms with Crippen molar-refractivity contribution in [3.8, 4) is 0 Å². The molecular weight excluding hydrogens is 432 g/mol. The van der Waals surface area contributed by atoms with E-state index in [-0.39, 0.29) is 11.9 Å². The average Bonchev–Trinajstić information content (AvgIpc) is 3.30. The molecule has 0 radical (unpaired) electrons. The normalized spacial score (nSPS) is 26.8. The Morgan fingerprint density at radius 3 is 1.57 bits per heavy atom. The van der Waals surface area contributed by atoms with Gasteiger partial charge in [-0.15, -0.1) is 47.0 Å². The molecule has 0 aromatic heterocycles. The topological polar surface area (TPSA) is 52.6 Å². The van der Waals surface area contributed by atoms with Gasteiger partial charge in [0.2, 0.25) is 0 Å². The van der Waals surface area contributed by atoms with Gasteiger partial charge in [-0.2, -0.15) is 0 Å². The van der Waals surface area contributed by atoms with Crippen LogP contribution in [0.15, 0.2) is 24.3 Å². The lowest BCUT2D eigenvalue weighted by atomic mass is 10.2. The zero-order valence-corrected chi connectivity index (χ0v) is 19.9. The van der Waals surface area contributed by atoms with Gasteiger partial charge in [0.15, 0.2) is 0 Å². The van der Waals surface area contributed by atoms with Crippen molar-refractivity contribution in [2.24, 2.45) is 0 Å². The summed E-state index contributed by atoms with van der Waals surface area (Å²) in [5.74, 6) is 1.54. The Labute approximate surface area is 185 Å². The monoisotopic (exact) mass is 462 g/mol. The highest BCUT2D eigenvalue weighted by Gasteiger charge is 2.28. The highest BCUT2D eigenvalue weighted by Crippen LogP contribution is 2.43. The summed E-state index contributed by atoms with van der Waals surface area (Å²) in [6, 6.07) is 0. The van der Waals surface area contributed by atoms with Gasteiger partial charge in [-0.05, 0) is 26.7 Å². The molecule has 4 nitrogen and oxygen atoms in total. The second kappa shape index (κ2) is 12.5. The van der Waals surface area contributed by atoms with Crippen LogP contribution in [0.4, 0.5) is 0 Å². The number of carbonyl (C=O) groups excluding carboxylic acids is 2. The molecule has 158 valence electrons. The van der Waals surface area contributed by atoms with Gasteiger partial charge in [0.25, 0.3) is 0 Å². The van der Waals surface area contributed by atoms with Gasteiger partial charge >= 0.3 is 11.9 Å². The van der Waals surface area contributed by atoms with E-state index in [4.69, 9.17) is 9.47 Å². The molecule has 0 aromatic carbocycles. The minimum absolute atomic E-state index is 0.284. The molecule has 0 amide bonds. The van der Waals surface area contributed by atoms with Crippen LogP contribution in [0.2, 0.25) is 0 Å². The molecule has 4 atom stereocenters. The first-order valence-corrected chi connectivity index (χ1v) is 13.5. The van der Waals surface area contributed by atoms with Crippen molar-refractivity contribution in [2.75, 3.05) is 24.7 Å². The fourth-order valence-electron chi connectivity index (χ4n) is 2.70. The Balaban J connectivity index is 1.51. The minimum atomic E-state index is -0.284. The third kappa shape index (κ3) is 8.67. The summed E-state index contributed by atoms with van der Waals surface area (Å²) in [4.78, 5) is 22.9. The molecule has 2 rings (SSSR count). The van der Waals surface area contributed by atoms with Crippen molar-refractivity contribution >= 4 is 59.0 Å². The zero-order chi connectivity index (χ0) is 20.5. The first kappa shape index (κ1) is 24.1. The third-order valence-electron chi connectivity index (χ3n) is 4.25. The van der Waals surface area contributed by atoms with Gasteiger partial charge in [-0.25, -0.2) is 9.59 Å². The van der Waals surface area contributed by atoms with Gasteiger partial charge in [-0.3, -0.25) is 0 Å². The number of ether oxygens (including phenoxy) is 2. The minimum Gasteiger partial charge on any atom is -0.461 e. The number of unbranched alkanes of at least 4 members (excludes halogenated alkanes) is 1. The number of esters is 2. The number of hydrogen-bond donors (Lipinski definition) is 0. The third-order valence-corrected chi connectivity index (χ3v) is 11.0. The molecule has 2 fully saturated rings. The molecule has 28 heavy (non-hydrogen) atoms. The molecule has 4 unspecified atom stereocenters. The van der Waals surface area contributed by atoms with Crippen LogP contribution in [0.3, 0.4) is 0 Å². The molecule has 2 aliphatic heterocycles. The first-order valence-electron chi connectivity index (χ1n) is 9.54. The Morgan fingerprint density at radius 1 is 0.821 bits per heavy atom. The highest BCUT2D eigenvalue weighted by molar-refractivity contribution is 8.20. The van der Waals surface area contributed by atoms with E-state index in [1.54, 1.807) is 13.8 Å². The van der Waals surface area contributed by atoms with E-state index in [1.165, 1.54) is 25.7 Å². The van der Waals surface area contributed by atoms with Gasteiger partial charge in [0, 0.05) is 33.2 Å². The Bertz CT molecular complexity index is 531. The molecule has 8 heteroatoms. The summed E-state index contributed by atoms with van der Waals surface area (Å²) in [5, 5.41) is 0.809. The van der Waals surface area contributed by atoms with Crippen molar-refractivity contribution in [3.05, 3.63) is 24.3 Å². The molecule has 0 saturated carbocycles. The molecule has 0 N–H and O–H groups in total. The Hall–Kier alpha value is -0.180. The maximum absolute atomic E-state index is 11.5. The second-order valence-corrected chi connectivity index (χ2v) is 13.2. The van der Waals surface area contributed by atoms with Crippen LogP contribution >= 0.6 is 47.0 Å². The summed E-state index contributed by atoms with van der Waals surface area (Å²) < 4.78 is 11.8. The Morgan fingerprint density at radius 2 is 1.21 bits per heavy atom. The van der Waals surface area contributed by atoms with Crippen molar-refractivity contribution in [1.29, 1.82) is 0 Å². The highest BCUT2D eigenvalue weighted by atomic mass is 32.2.